The van der Waals surface area contributed by atoms with Crippen molar-refractivity contribution in [2.45, 2.75) is 19.3 Å². The highest BCUT2D eigenvalue weighted by Gasteiger charge is 2.35. The van der Waals surface area contributed by atoms with Gasteiger partial charge in [0.1, 0.15) is 0 Å². The molecule has 0 saturated carbocycles. The SMILES string of the molecule is CC1(C)c2ccccc2-c2ccc(-n3c4ccccc4c4ccc(-c5cc(-c6ccc(-c7ccccc7)cc6)cc(-c6ccc7c(c6)c6ccccc6n7-c6ccccc6)c5)cc43)cc21. The number of benzene rings is 10. The van der Waals surface area contributed by atoms with Gasteiger partial charge >= 0.3 is 0 Å². The second-order valence-electron chi connectivity index (χ2n) is 18.1. The minimum absolute atomic E-state index is 0.0958. The van der Waals surface area contributed by atoms with Crippen molar-refractivity contribution in [2.75, 3.05) is 0 Å². The molecule has 1 aliphatic carbocycles. The summed E-state index contributed by atoms with van der Waals surface area (Å²) in [5.41, 5.74) is 22.1. The minimum Gasteiger partial charge on any atom is -0.309 e. The molecule has 0 atom stereocenters. The van der Waals surface area contributed by atoms with E-state index in [1.54, 1.807) is 0 Å². The van der Waals surface area contributed by atoms with E-state index in [0.717, 1.165) is 5.69 Å². The summed E-state index contributed by atoms with van der Waals surface area (Å²) in [7, 11) is 0. The van der Waals surface area contributed by atoms with Crippen LogP contribution in [0.3, 0.4) is 0 Å². The number of hydrogen-bond donors (Lipinski definition) is 0. The fourth-order valence-corrected chi connectivity index (χ4v) is 10.9. The van der Waals surface area contributed by atoms with E-state index in [1.165, 1.54) is 116 Å². The second-order valence-corrected chi connectivity index (χ2v) is 18.1. The molecule has 0 unspecified atom stereocenters. The van der Waals surface area contributed by atoms with E-state index in [9.17, 15) is 0 Å². The van der Waals surface area contributed by atoms with Gasteiger partial charge in [-0.15, -0.1) is 0 Å². The molecule has 10 aromatic carbocycles. The standard InChI is InChI=1S/C63H44N2/c1-63(2)57-22-12-9-19-51(57)52-33-31-50(40-58(52)63)65-59-23-13-10-20-53(59)55-32-29-45(39-62(55)65)48-36-46(43-27-25-42(26-28-43)41-15-5-3-6-16-41)35-47(37-48)44-30-34-61-56(38-44)54-21-11-14-24-60(54)64(61)49-17-7-4-8-18-49/h3-40H,1-2H3. The molecule has 0 radical (unpaired) electrons. The van der Waals surface area contributed by atoms with E-state index < -0.39 is 0 Å². The van der Waals surface area contributed by atoms with Crippen molar-refractivity contribution >= 4 is 43.6 Å². The summed E-state index contributed by atoms with van der Waals surface area (Å²) in [6.07, 6.45) is 0. The van der Waals surface area contributed by atoms with Gasteiger partial charge in [-0.25, -0.2) is 0 Å². The van der Waals surface area contributed by atoms with Gasteiger partial charge in [0.05, 0.1) is 22.1 Å². The summed E-state index contributed by atoms with van der Waals surface area (Å²) in [5.74, 6) is 0. The Bertz CT molecular complexity index is 3830. The first-order valence-corrected chi connectivity index (χ1v) is 22.7. The largest absolute Gasteiger partial charge is 0.309 e. The molecular formula is C63H44N2. The molecule has 13 rings (SSSR count). The average molecular weight is 829 g/mol. The number of nitrogens with zero attached hydrogens (tertiary/aromatic N) is 2. The molecule has 0 N–H and O–H groups in total. The fourth-order valence-electron chi connectivity index (χ4n) is 10.9. The summed E-state index contributed by atoms with van der Waals surface area (Å²) < 4.78 is 4.87. The van der Waals surface area contributed by atoms with Gasteiger partial charge in [0.25, 0.3) is 0 Å². The molecule has 1 aliphatic rings. The van der Waals surface area contributed by atoms with E-state index in [1.807, 2.05) is 0 Å². The normalized spacial score (nSPS) is 12.9. The molecule has 0 aliphatic heterocycles. The van der Waals surface area contributed by atoms with Gasteiger partial charge in [-0.3, -0.25) is 0 Å². The number of hydrogen-bond acceptors (Lipinski definition) is 0. The van der Waals surface area contributed by atoms with Gasteiger partial charge in [0, 0.05) is 38.3 Å². The zero-order valence-corrected chi connectivity index (χ0v) is 36.3. The maximum absolute atomic E-state index is 2.48. The van der Waals surface area contributed by atoms with Gasteiger partial charge in [0.2, 0.25) is 0 Å². The lowest BCUT2D eigenvalue weighted by atomic mass is 9.82. The minimum atomic E-state index is -0.0958. The molecule has 0 fully saturated rings. The third-order valence-corrected chi connectivity index (χ3v) is 14.1. The van der Waals surface area contributed by atoms with Gasteiger partial charge in [-0.05, 0) is 140 Å². The first kappa shape index (κ1) is 37.4. The summed E-state index contributed by atoms with van der Waals surface area (Å²) in [5, 5.41) is 5.00. The number of fused-ring (bicyclic) bond motifs is 9. The van der Waals surface area contributed by atoms with Crippen LogP contribution >= 0.6 is 0 Å². The average Bonchev–Trinajstić information content (AvgIpc) is 3.96. The van der Waals surface area contributed by atoms with Crippen LogP contribution in [0.5, 0.6) is 0 Å². The molecule has 2 aromatic heterocycles. The van der Waals surface area contributed by atoms with Crippen LogP contribution in [0.25, 0.3) is 111 Å². The van der Waals surface area contributed by atoms with Crippen LogP contribution in [-0.2, 0) is 5.41 Å². The monoisotopic (exact) mass is 828 g/mol. The zero-order valence-electron chi connectivity index (χ0n) is 36.3. The topological polar surface area (TPSA) is 9.86 Å². The van der Waals surface area contributed by atoms with Crippen molar-refractivity contribution in [3.63, 3.8) is 0 Å². The maximum atomic E-state index is 2.48. The fraction of sp³-hybridized carbons (Fsp3) is 0.0476. The summed E-state index contributed by atoms with van der Waals surface area (Å²) in [6.45, 7) is 4.73. The highest BCUT2D eigenvalue weighted by molar-refractivity contribution is 6.12. The third kappa shape index (κ3) is 5.88. The number of aromatic nitrogens is 2. The molecule has 2 nitrogen and oxygen atoms in total. The first-order chi connectivity index (χ1) is 32.0. The van der Waals surface area contributed by atoms with Crippen LogP contribution in [0.4, 0.5) is 0 Å². The van der Waals surface area contributed by atoms with E-state index >= 15 is 0 Å². The van der Waals surface area contributed by atoms with Crippen molar-refractivity contribution < 1.29 is 0 Å². The Labute approximate surface area is 378 Å². The van der Waals surface area contributed by atoms with Crippen LogP contribution < -0.4 is 0 Å². The lowest BCUT2D eigenvalue weighted by Gasteiger charge is -2.22. The highest BCUT2D eigenvalue weighted by atomic mass is 15.0. The molecule has 0 amide bonds. The predicted molar refractivity (Wildman–Crippen MR) is 274 cm³/mol. The van der Waals surface area contributed by atoms with Crippen LogP contribution in [0.1, 0.15) is 25.0 Å². The zero-order chi connectivity index (χ0) is 43.2. The van der Waals surface area contributed by atoms with Crippen molar-refractivity contribution in [3.05, 3.63) is 242 Å². The van der Waals surface area contributed by atoms with Gasteiger partial charge in [-0.2, -0.15) is 0 Å². The van der Waals surface area contributed by atoms with E-state index in [0.29, 0.717) is 0 Å². The molecule has 0 bridgehead atoms. The second kappa shape index (κ2) is 14.4. The number of para-hydroxylation sites is 3. The summed E-state index contributed by atoms with van der Waals surface area (Å²) in [6, 6.07) is 85.3. The molecular weight excluding hydrogens is 785 g/mol. The van der Waals surface area contributed by atoms with Crippen molar-refractivity contribution in [2.24, 2.45) is 0 Å². The van der Waals surface area contributed by atoms with Crippen molar-refractivity contribution in [3.8, 4) is 67.0 Å². The summed E-state index contributed by atoms with van der Waals surface area (Å²) in [4.78, 5) is 0. The molecule has 2 heterocycles. The Morgan fingerprint density at radius 1 is 0.262 bits per heavy atom. The molecule has 12 aromatic rings. The summed E-state index contributed by atoms with van der Waals surface area (Å²) >= 11 is 0. The highest BCUT2D eigenvalue weighted by Crippen LogP contribution is 2.50. The van der Waals surface area contributed by atoms with Crippen molar-refractivity contribution in [1.82, 2.24) is 9.13 Å². The van der Waals surface area contributed by atoms with Crippen LogP contribution in [0, 0.1) is 0 Å². The Morgan fingerprint density at radius 2 is 0.738 bits per heavy atom. The Hall–Kier alpha value is -8.20. The smallest absolute Gasteiger partial charge is 0.0547 e. The van der Waals surface area contributed by atoms with Gasteiger partial charge in [-0.1, -0.05) is 172 Å². The third-order valence-electron chi connectivity index (χ3n) is 14.1. The first-order valence-electron chi connectivity index (χ1n) is 22.7. The van der Waals surface area contributed by atoms with E-state index in [4.69, 9.17) is 0 Å². The molecule has 306 valence electrons. The molecule has 0 spiro atoms. The Kier molecular flexibility index (Phi) is 8.29. The van der Waals surface area contributed by atoms with E-state index in [2.05, 4.69) is 254 Å². The lowest BCUT2D eigenvalue weighted by molar-refractivity contribution is 0.660. The van der Waals surface area contributed by atoms with Crippen LogP contribution in [0.2, 0.25) is 0 Å². The van der Waals surface area contributed by atoms with Crippen molar-refractivity contribution in [1.29, 1.82) is 0 Å². The van der Waals surface area contributed by atoms with Crippen LogP contribution in [0.15, 0.2) is 231 Å². The maximum Gasteiger partial charge on any atom is 0.0547 e. The quantitative estimate of drug-likeness (QED) is 0.158. The predicted octanol–water partition coefficient (Wildman–Crippen LogP) is 16.9. The lowest BCUT2D eigenvalue weighted by Crippen LogP contribution is -2.15. The van der Waals surface area contributed by atoms with Crippen LogP contribution in [-0.4, -0.2) is 9.13 Å². The number of rotatable bonds is 6. The molecule has 65 heavy (non-hydrogen) atoms. The Balaban J connectivity index is 1.00. The van der Waals surface area contributed by atoms with Gasteiger partial charge < -0.3 is 9.13 Å². The Morgan fingerprint density at radius 3 is 1.46 bits per heavy atom. The molecule has 0 saturated heterocycles. The van der Waals surface area contributed by atoms with E-state index in [-0.39, 0.29) is 5.41 Å². The molecule has 2 heteroatoms. The van der Waals surface area contributed by atoms with Gasteiger partial charge in [0.15, 0.2) is 0 Å².